The van der Waals surface area contributed by atoms with Crippen LogP contribution in [0.25, 0.3) is 0 Å². The summed E-state index contributed by atoms with van der Waals surface area (Å²) in [6.45, 7) is 4.49. The van der Waals surface area contributed by atoms with E-state index >= 15 is 0 Å². The van der Waals surface area contributed by atoms with E-state index in [1.54, 1.807) is 37.1 Å². The molecule has 0 aliphatic rings. The Bertz CT molecular complexity index is 404. The molecule has 17 heavy (non-hydrogen) atoms. The summed E-state index contributed by atoms with van der Waals surface area (Å²) in [4.78, 5) is 14.1. The van der Waals surface area contributed by atoms with Crippen molar-refractivity contribution in [2.24, 2.45) is 0 Å². The van der Waals surface area contributed by atoms with Gasteiger partial charge in [0.1, 0.15) is 5.75 Å². The van der Waals surface area contributed by atoms with Gasteiger partial charge in [0.05, 0.1) is 5.56 Å². The number of halogens is 1. The third-order valence-corrected chi connectivity index (χ3v) is 3.13. The molecular formula is C13H18BrNO2. The minimum absolute atomic E-state index is 0.0799. The maximum Gasteiger partial charge on any atom is 0.257 e. The first-order valence-corrected chi connectivity index (χ1v) is 6.53. The second kappa shape index (κ2) is 6.05. The van der Waals surface area contributed by atoms with Crippen LogP contribution in [0.15, 0.2) is 18.2 Å². The Morgan fingerprint density at radius 2 is 2.18 bits per heavy atom. The molecule has 0 saturated carbocycles. The zero-order chi connectivity index (χ0) is 13.0. The number of rotatable bonds is 4. The van der Waals surface area contributed by atoms with Gasteiger partial charge in [0.2, 0.25) is 0 Å². The van der Waals surface area contributed by atoms with Crippen molar-refractivity contribution in [3.63, 3.8) is 0 Å². The predicted molar refractivity (Wildman–Crippen MR) is 72.8 cm³/mol. The molecule has 1 amide bonds. The molecule has 0 spiro atoms. The highest BCUT2D eigenvalue weighted by Gasteiger charge is 2.16. The highest BCUT2D eigenvalue weighted by atomic mass is 79.9. The normalized spacial score (nSPS) is 12.2. The van der Waals surface area contributed by atoms with Crippen molar-refractivity contribution in [3.05, 3.63) is 29.3 Å². The molecule has 1 aromatic rings. The molecule has 0 saturated heterocycles. The summed E-state index contributed by atoms with van der Waals surface area (Å²) in [6, 6.07) is 5.22. The van der Waals surface area contributed by atoms with E-state index < -0.39 is 0 Å². The summed E-state index contributed by atoms with van der Waals surface area (Å²) in [7, 11) is 1.75. The van der Waals surface area contributed by atoms with Crippen LogP contribution in [0.2, 0.25) is 0 Å². The van der Waals surface area contributed by atoms with E-state index in [0.717, 1.165) is 12.0 Å². The number of hydrogen-bond acceptors (Lipinski definition) is 2. The van der Waals surface area contributed by atoms with Crippen molar-refractivity contribution in [2.45, 2.75) is 25.1 Å². The Balaban J connectivity index is 2.78. The molecule has 0 aromatic heterocycles. The zero-order valence-electron chi connectivity index (χ0n) is 10.4. The van der Waals surface area contributed by atoms with Crippen molar-refractivity contribution >= 4 is 21.8 Å². The molecule has 1 N–H and O–H groups in total. The van der Waals surface area contributed by atoms with Crippen molar-refractivity contribution < 1.29 is 9.90 Å². The minimum atomic E-state index is -0.139. The van der Waals surface area contributed by atoms with E-state index in [9.17, 15) is 9.90 Å². The van der Waals surface area contributed by atoms with Crippen LogP contribution in [0.5, 0.6) is 5.75 Å². The molecule has 4 heteroatoms. The number of hydrogen-bond donors (Lipinski definition) is 1. The van der Waals surface area contributed by atoms with E-state index in [1.807, 2.05) is 6.92 Å². The zero-order valence-corrected chi connectivity index (χ0v) is 12.0. The van der Waals surface area contributed by atoms with Crippen molar-refractivity contribution in [1.29, 1.82) is 0 Å². The molecule has 0 fully saturated rings. The number of nitrogens with zero attached hydrogens (tertiary/aromatic N) is 1. The van der Waals surface area contributed by atoms with E-state index in [0.29, 0.717) is 16.9 Å². The molecular weight excluding hydrogens is 282 g/mol. The standard InChI is InChI=1S/C13H18BrNO2/c1-9-5-4-6-11(12(9)16)13(17)15(3)8-7-10(2)14/h4-6,10,16H,7-8H2,1-3H3. The van der Waals surface area contributed by atoms with Gasteiger partial charge in [0.25, 0.3) is 5.91 Å². The average molecular weight is 300 g/mol. The molecule has 1 unspecified atom stereocenters. The summed E-state index contributed by atoms with van der Waals surface area (Å²) in [5.41, 5.74) is 1.09. The quantitative estimate of drug-likeness (QED) is 0.869. The Hall–Kier alpha value is -1.03. The lowest BCUT2D eigenvalue weighted by Crippen LogP contribution is -2.28. The summed E-state index contributed by atoms with van der Waals surface area (Å²) in [5, 5.41) is 9.84. The Morgan fingerprint density at radius 3 is 2.76 bits per heavy atom. The van der Waals surface area contributed by atoms with Crippen molar-refractivity contribution in [2.75, 3.05) is 13.6 Å². The molecule has 3 nitrogen and oxygen atoms in total. The maximum atomic E-state index is 12.1. The first-order valence-electron chi connectivity index (χ1n) is 5.61. The van der Waals surface area contributed by atoms with Gasteiger partial charge in [-0.25, -0.2) is 0 Å². The smallest absolute Gasteiger partial charge is 0.257 e. The van der Waals surface area contributed by atoms with Crippen molar-refractivity contribution in [3.8, 4) is 5.75 Å². The number of carbonyl (C=O) groups is 1. The molecule has 0 heterocycles. The number of aryl methyl sites for hydroxylation is 1. The fraction of sp³-hybridized carbons (Fsp3) is 0.462. The van der Waals surface area contributed by atoms with Crippen LogP contribution in [-0.4, -0.2) is 34.3 Å². The van der Waals surface area contributed by atoms with E-state index in [2.05, 4.69) is 15.9 Å². The minimum Gasteiger partial charge on any atom is -0.507 e. The largest absolute Gasteiger partial charge is 0.507 e. The van der Waals surface area contributed by atoms with Crippen LogP contribution in [0, 0.1) is 6.92 Å². The molecule has 94 valence electrons. The summed E-state index contributed by atoms with van der Waals surface area (Å²) < 4.78 is 0. The van der Waals surface area contributed by atoms with Crippen LogP contribution < -0.4 is 0 Å². The first kappa shape index (κ1) is 14.0. The van der Waals surface area contributed by atoms with Gasteiger partial charge < -0.3 is 10.0 Å². The van der Waals surface area contributed by atoms with Crippen LogP contribution in [0.3, 0.4) is 0 Å². The lowest BCUT2D eigenvalue weighted by molar-refractivity contribution is 0.0791. The topological polar surface area (TPSA) is 40.5 Å². The summed E-state index contributed by atoms with van der Waals surface area (Å²) >= 11 is 3.45. The maximum absolute atomic E-state index is 12.1. The second-order valence-electron chi connectivity index (χ2n) is 4.27. The Labute approximate surface area is 111 Å². The third-order valence-electron chi connectivity index (χ3n) is 2.68. The van der Waals surface area contributed by atoms with Crippen molar-refractivity contribution in [1.82, 2.24) is 4.90 Å². The fourth-order valence-corrected chi connectivity index (χ4v) is 1.72. The lowest BCUT2D eigenvalue weighted by atomic mass is 10.1. The number of phenols is 1. The monoisotopic (exact) mass is 299 g/mol. The molecule has 1 aromatic carbocycles. The highest BCUT2D eigenvalue weighted by molar-refractivity contribution is 9.09. The molecule has 0 radical (unpaired) electrons. The van der Waals surface area contributed by atoms with Gasteiger partial charge in [-0.15, -0.1) is 0 Å². The van der Waals surface area contributed by atoms with Crippen LogP contribution in [0.1, 0.15) is 29.3 Å². The molecule has 0 aliphatic carbocycles. The van der Waals surface area contributed by atoms with Gasteiger partial charge in [-0.3, -0.25) is 4.79 Å². The number of amides is 1. The molecule has 1 rings (SSSR count). The van der Waals surface area contributed by atoms with Gasteiger partial charge in [0.15, 0.2) is 0 Å². The number of aromatic hydroxyl groups is 1. The lowest BCUT2D eigenvalue weighted by Gasteiger charge is -2.18. The van der Waals surface area contributed by atoms with Gasteiger partial charge >= 0.3 is 0 Å². The summed E-state index contributed by atoms with van der Waals surface area (Å²) in [6.07, 6.45) is 0.884. The molecule has 0 aliphatic heterocycles. The number of para-hydroxylation sites is 1. The van der Waals surface area contributed by atoms with E-state index in [1.165, 1.54) is 0 Å². The van der Waals surface area contributed by atoms with Crippen LogP contribution in [0.4, 0.5) is 0 Å². The summed E-state index contributed by atoms with van der Waals surface area (Å²) in [5.74, 6) is -0.0596. The van der Waals surface area contributed by atoms with Gasteiger partial charge in [0, 0.05) is 18.4 Å². The SMILES string of the molecule is Cc1cccc(C(=O)N(C)CCC(C)Br)c1O. The van der Waals surface area contributed by atoms with Gasteiger partial charge in [-0.2, -0.15) is 0 Å². The fourth-order valence-electron chi connectivity index (χ4n) is 1.51. The third kappa shape index (κ3) is 3.73. The number of benzene rings is 1. The van der Waals surface area contributed by atoms with Crippen LogP contribution in [-0.2, 0) is 0 Å². The average Bonchev–Trinajstić information content (AvgIpc) is 2.28. The van der Waals surface area contributed by atoms with Gasteiger partial charge in [-0.05, 0) is 25.0 Å². The number of alkyl halides is 1. The number of carbonyl (C=O) groups excluding carboxylic acids is 1. The predicted octanol–water partition coefficient (Wildman–Crippen LogP) is 2.95. The van der Waals surface area contributed by atoms with Crippen LogP contribution >= 0.6 is 15.9 Å². The van der Waals surface area contributed by atoms with E-state index in [4.69, 9.17) is 0 Å². The Morgan fingerprint density at radius 1 is 1.53 bits per heavy atom. The highest BCUT2D eigenvalue weighted by Crippen LogP contribution is 2.22. The second-order valence-corrected chi connectivity index (χ2v) is 5.83. The van der Waals surface area contributed by atoms with E-state index in [-0.39, 0.29) is 11.7 Å². The Kier molecular flexibility index (Phi) is 5.00. The number of phenolic OH excluding ortho intramolecular Hbond substituents is 1. The molecule has 1 atom stereocenters. The van der Waals surface area contributed by atoms with Gasteiger partial charge in [-0.1, -0.05) is 35.0 Å². The molecule has 0 bridgehead atoms. The first-order chi connectivity index (χ1) is 7.93.